The molecule has 0 fully saturated rings. The monoisotopic (exact) mass is 274 g/mol. The van der Waals surface area contributed by atoms with Gasteiger partial charge in [-0.1, -0.05) is 0 Å². The SMILES string of the molecule is CN(C)C(C)(C)Cn1ccc2c3c(ccc21)SCC3. The van der Waals surface area contributed by atoms with Gasteiger partial charge < -0.3 is 9.47 Å². The highest BCUT2D eigenvalue weighted by molar-refractivity contribution is 7.99. The molecule has 0 radical (unpaired) electrons. The first-order chi connectivity index (χ1) is 8.99. The minimum absolute atomic E-state index is 0.166. The fourth-order valence-corrected chi connectivity index (χ4v) is 3.74. The van der Waals surface area contributed by atoms with Gasteiger partial charge in [-0.25, -0.2) is 0 Å². The standard InChI is InChI=1S/C16H22N2S/c1-16(2,17(3)4)11-18-9-7-12-13-8-10-19-15(13)6-5-14(12)18/h5-7,9H,8,10-11H2,1-4H3. The smallest absolute Gasteiger partial charge is 0.0484 e. The van der Waals surface area contributed by atoms with E-state index in [1.165, 1.54) is 28.0 Å². The second-order valence-electron chi connectivity index (χ2n) is 6.22. The van der Waals surface area contributed by atoms with E-state index in [2.05, 4.69) is 61.8 Å². The molecule has 3 rings (SSSR count). The Balaban J connectivity index is 2.03. The third-order valence-corrected chi connectivity index (χ3v) is 5.50. The van der Waals surface area contributed by atoms with Crippen molar-refractivity contribution in [3.63, 3.8) is 0 Å². The summed E-state index contributed by atoms with van der Waals surface area (Å²) in [5, 5.41) is 1.46. The van der Waals surface area contributed by atoms with Gasteiger partial charge in [-0.2, -0.15) is 0 Å². The van der Waals surface area contributed by atoms with Crippen molar-refractivity contribution in [1.29, 1.82) is 0 Å². The lowest BCUT2D eigenvalue weighted by Crippen LogP contribution is -2.41. The summed E-state index contributed by atoms with van der Waals surface area (Å²) in [6.07, 6.45) is 3.47. The number of benzene rings is 1. The first-order valence-corrected chi connectivity index (χ1v) is 7.88. The van der Waals surface area contributed by atoms with E-state index < -0.39 is 0 Å². The van der Waals surface area contributed by atoms with Gasteiger partial charge >= 0.3 is 0 Å². The maximum absolute atomic E-state index is 2.40. The topological polar surface area (TPSA) is 8.17 Å². The van der Waals surface area contributed by atoms with Crippen molar-refractivity contribution in [3.8, 4) is 0 Å². The molecule has 1 aromatic carbocycles. The lowest BCUT2D eigenvalue weighted by atomic mass is 10.0. The van der Waals surface area contributed by atoms with Crippen LogP contribution in [0.4, 0.5) is 0 Å². The van der Waals surface area contributed by atoms with Gasteiger partial charge in [-0.3, -0.25) is 0 Å². The number of hydrogen-bond donors (Lipinski definition) is 0. The molecule has 2 heterocycles. The van der Waals surface area contributed by atoms with Gasteiger partial charge in [0.2, 0.25) is 0 Å². The van der Waals surface area contributed by atoms with E-state index in [9.17, 15) is 0 Å². The summed E-state index contributed by atoms with van der Waals surface area (Å²) in [6, 6.07) is 6.89. The molecular weight excluding hydrogens is 252 g/mol. The van der Waals surface area contributed by atoms with Gasteiger partial charge in [0.05, 0.1) is 0 Å². The maximum atomic E-state index is 2.40. The van der Waals surface area contributed by atoms with Crippen LogP contribution in [0.5, 0.6) is 0 Å². The molecule has 2 nitrogen and oxygen atoms in total. The zero-order chi connectivity index (χ0) is 13.6. The van der Waals surface area contributed by atoms with Crippen molar-refractivity contribution >= 4 is 22.7 Å². The van der Waals surface area contributed by atoms with E-state index in [0.29, 0.717) is 0 Å². The normalized spacial score (nSPS) is 15.4. The first-order valence-electron chi connectivity index (χ1n) is 6.90. The van der Waals surface area contributed by atoms with Crippen LogP contribution in [0.2, 0.25) is 0 Å². The molecule has 0 spiro atoms. The second kappa shape index (κ2) is 4.57. The Labute approximate surface area is 119 Å². The minimum Gasteiger partial charge on any atom is -0.346 e. The maximum Gasteiger partial charge on any atom is 0.0484 e. The highest BCUT2D eigenvalue weighted by Crippen LogP contribution is 2.36. The number of aryl methyl sites for hydroxylation is 1. The van der Waals surface area contributed by atoms with Crippen LogP contribution in [0.1, 0.15) is 19.4 Å². The molecule has 0 aliphatic carbocycles. The predicted molar refractivity (Wildman–Crippen MR) is 84.1 cm³/mol. The molecule has 19 heavy (non-hydrogen) atoms. The zero-order valence-electron chi connectivity index (χ0n) is 12.2. The molecule has 2 aromatic rings. The lowest BCUT2D eigenvalue weighted by molar-refractivity contribution is 0.171. The Bertz CT molecular complexity index is 610. The molecule has 102 valence electrons. The van der Waals surface area contributed by atoms with E-state index in [-0.39, 0.29) is 5.54 Å². The van der Waals surface area contributed by atoms with Gasteiger partial charge in [0.15, 0.2) is 0 Å². The summed E-state index contributed by atoms with van der Waals surface area (Å²) in [5.74, 6) is 1.24. The van der Waals surface area contributed by atoms with Crippen LogP contribution in [0.25, 0.3) is 10.9 Å². The van der Waals surface area contributed by atoms with Crippen LogP contribution in [-0.2, 0) is 13.0 Å². The summed E-state index contributed by atoms with van der Waals surface area (Å²) >= 11 is 1.99. The number of aromatic nitrogens is 1. The molecular formula is C16H22N2S. The highest BCUT2D eigenvalue weighted by Gasteiger charge is 2.23. The van der Waals surface area contributed by atoms with Crippen molar-refractivity contribution in [2.24, 2.45) is 0 Å². The molecule has 3 heteroatoms. The number of thioether (sulfide) groups is 1. The third-order valence-electron chi connectivity index (χ3n) is 4.40. The highest BCUT2D eigenvalue weighted by atomic mass is 32.2. The number of likely N-dealkylation sites (N-methyl/N-ethyl adjacent to an activating group) is 1. The summed E-state index contributed by atoms with van der Waals surface area (Å²) in [7, 11) is 4.31. The molecule has 0 saturated heterocycles. The third kappa shape index (κ3) is 2.19. The Kier molecular flexibility index (Phi) is 3.14. The van der Waals surface area contributed by atoms with E-state index in [0.717, 1.165) is 6.54 Å². The van der Waals surface area contributed by atoms with E-state index >= 15 is 0 Å². The fraction of sp³-hybridized carbons (Fsp3) is 0.500. The number of rotatable bonds is 3. The quantitative estimate of drug-likeness (QED) is 0.844. The van der Waals surface area contributed by atoms with Crippen molar-refractivity contribution in [2.75, 3.05) is 19.8 Å². The van der Waals surface area contributed by atoms with E-state index in [1.807, 2.05) is 11.8 Å². The van der Waals surface area contributed by atoms with Gasteiger partial charge in [0.25, 0.3) is 0 Å². The summed E-state index contributed by atoms with van der Waals surface area (Å²) in [5.41, 5.74) is 3.11. The van der Waals surface area contributed by atoms with Crippen LogP contribution in [0.3, 0.4) is 0 Å². The zero-order valence-corrected chi connectivity index (χ0v) is 13.0. The van der Waals surface area contributed by atoms with Crippen LogP contribution >= 0.6 is 11.8 Å². The van der Waals surface area contributed by atoms with Crippen LogP contribution < -0.4 is 0 Å². The van der Waals surface area contributed by atoms with Gasteiger partial charge in [-0.05, 0) is 58.1 Å². The summed E-state index contributed by atoms with van der Waals surface area (Å²) in [4.78, 5) is 3.78. The summed E-state index contributed by atoms with van der Waals surface area (Å²) in [6.45, 7) is 5.61. The minimum atomic E-state index is 0.166. The van der Waals surface area contributed by atoms with Gasteiger partial charge in [0, 0.05) is 39.8 Å². The molecule has 0 amide bonds. The number of fused-ring (bicyclic) bond motifs is 3. The fourth-order valence-electron chi connectivity index (χ4n) is 2.67. The van der Waals surface area contributed by atoms with Crippen molar-refractivity contribution in [1.82, 2.24) is 9.47 Å². The lowest BCUT2D eigenvalue weighted by Gasteiger charge is -2.33. The Morgan fingerprint density at radius 3 is 2.79 bits per heavy atom. The largest absolute Gasteiger partial charge is 0.346 e. The molecule has 1 aromatic heterocycles. The molecule has 0 unspecified atom stereocenters. The average Bonchev–Trinajstić information content (AvgIpc) is 2.94. The Morgan fingerprint density at radius 1 is 1.26 bits per heavy atom. The van der Waals surface area contributed by atoms with Gasteiger partial charge in [0.1, 0.15) is 0 Å². The molecule has 1 aliphatic heterocycles. The average molecular weight is 274 g/mol. The molecule has 0 bridgehead atoms. The Morgan fingerprint density at radius 2 is 2.05 bits per heavy atom. The summed E-state index contributed by atoms with van der Waals surface area (Å²) < 4.78 is 2.40. The van der Waals surface area contributed by atoms with Crippen LogP contribution in [-0.4, -0.2) is 34.9 Å². The number of nitrogens with zero attached hydrogens (tertiary/aromatic N) is 2. The molecule has 0 atom stereocenters. The van der Waals surface area contributed by atoms with E-state index in [1.54, 1.807) is 5.56 Å². The van der Waals surface area contributed by atoms with Crippen molar-refractivity contribution in [3.05, 3.63) is 30.0 Å². The van der Waals surface area contributed by atoms with Gasteiger partial charge in [-0.15, -0.1) is 11.8 Å². The second-order valence-corrected chi connectivity index (χ2v) is 7.36. The van der Waals surface area contributed by atoms with Crippen LogP contribution in [0, 0.1) is 0 Å². The van der Waals surface area contributed by atoms with Crippen molar-refractivity contribution in [2.45, 2.75) is 37.2 Å². The molecule has 1 aliphatic rings. The Hall–Kier alpha value is -0.930. The first kappa shape index (κ1) is 13.1. The van der Waals surface area contributed by atoms with E-state index in [4.69, 9.17) is 0 Å². The predicted octanol–water partition coefficient (Wildman–Crippen LogP) is 3.63. The van der Waals surface area contributed by atoms with Crippen molar-refractivity contribution < 1.29 is 0 Å². The number of hydrogen-bond acceptors (Lipinski definition) is 2. The molecule has 0 saturated carbocycles. The molecule has 0 N–H and O–H groups in total. The van der Waals surface area contributed by atoms with Crippen LogP contribution in [0.15, 0.2) is 29.3 Å².